The molecule has 0 aromatic carbocycles. The summed E-state index contributed by atoms with van der Waals surface area (Å²) in [7, 11) is 0. The number of nitrogens with zero attached hydrogens (tertiary/aromatic N) is 1. The van der Waals surface area contributed by atoms with Crippen molar-refractivity contribution in [2.24, 2.45) is 0 Å². The third-order valence-corrected chi connectivity index (χ3v) is 3.21. The van der Waals surface area contributed by atoms with Gasteiger partial charge in [-0.25, -0.2) is 0 Å². The first kappa shape index (κ1) is 12.9. The Labute approximate surface area is 93.9 Å². The van der Waals surface area contributed by atoms with Crippen molar-refractivity contribution < 1.29 is 5.11 Å². The van der Waals surface area contributed by atoms with E-state index < -0.39 is 0 Å². The Bertz CT molecular complexity index is 153. The minimum atomic E-state index is 0.327. The Morgan fingerprint density at radius 2 is 2.13 bits per heavy atom. The monoisotopic (exact) mass is 214 g/mol. The number of likely N-dealkylation sites (tertiary alicyclic amines) is 1. The van der Waals surface area contributed by atoms with E-state index in [-0.39, 0.29) is 0 Å². The number of aliphatic hydroxyl groups excluding tert-OH is 1. The summed E-state index contributed by atoms with van der Waals surface area (Å²) in [6.45, 7) is 6.94. The highest BCUT2D eigenvalue weighted by molar-refractivity contribution is 4.75. The van der Waals surface area contributed by atoms with Crippen LogP contribution >= 0.6 is 0 Å². The van der Waals surface area contributed by atoms with Crippen molar-refractivity contribution in [2.45, 2.75) is 45.1 Å². The van der Waals surface area contributed by atoms with Crippen molar-refractivity contribution in [3.63, 3.8) is 0 Å². The van der Waals surface area contributed by atoms with Gasteiger partial charge in [0.1, 0.15) is 0 Å². The minimum Gasteiger partial charge on any atom is -0.395 e. The summed E-state index contributed by atoms with van der Waals surface area (Å²) in [6.07, 6.45) is 6.28. The molecule has 1 aliphatic heterocycles. The molecule has 0 bridgehead atoms. The van der Waals surface area contributed by atoms with Crippen molar-refractivity contribution >= 4 is 0 Å². The van der Waals surface area contributed by atoms with Gasteiger partial charge in [-0.15, -0.1) is 0 Å². The zero-order chi connectivity index (χ0) is 10.9. The van der Waals surface area contributed by atoms with Crippen LogP contribution in [0.1, 0.15) is 39.0 Å². The van der Waals surface area contributed by atoms with E-state index in [2.05, 4.69) is 17.1 Å². The van der Waals surface area contributed by atoms with E-state index in [1.165, 1.54) is 38.6 Å². The zero-order valence-electron chi connectivity index (χ0n) is 10.0. The standard InChI is InChI=1S/C12H26N2O/c1-2-7-13-8-10-14-9-5-3-4-6-12(14)11-15/h12-13,15H,2-11H2,1H3. The second kappa shape index (κ2) is 8.08. The lowest BCUT2D eigenvalue weighted by atomic mass is 10.1. The molecule has 0 aliphatic carbocycles. The predicted molar refractivity (Wildman–Crippen MR) is 64.1 cm³/mol. The molecule has 3 nitrogen and oxygen atoms in total. The molecule has 0 saturated carbocycles. The number of hydrogen-bond acceptors (Lipinski definition) is 3. The van der Waals surface area contributed by atoms with Gasteiger partial charge in [-0.3, -0.25) is 4.90 Å². The summed E-state index contributed by atoms with van der Waals surface area (Å²) >= 11 is 0. The van der Waals surface area contributed by atoms with Crippen molar-refractivity contribution in [3.8, 4) is 0 Å². The van der Waals surface area contributed by atoms with Gasteiger partial charge < -0.3 is 10.4 Å². The van der Waals surface area contributed by atoms with E-state index in [1.807, 2.05) is 0 Å². The molecule has 1 aliphatic rings. The summed E-state index contributed by atoms with van der Waals surface area (Å²) in [5, 5.41) is 12.8. The maximum atomic E-state index is 9.33. The van der Waals surface area contributed by atoms with Crippen LogP contribution in [0.4, 0.5) is 0 Å². The third kappa shape index (κ3) is 4.96. The Hall–Kier alpha value is -0.120. The molecule has 0 aromatic heterocycles. The lowest BCUT2D eigenvalue weighted by Gasteiger charge is -2.28. The van der Waals surface area contributed by atoms with Crippen LogP contribution in [0.2, 0.25) is 0 Å². The minimum absolute atomic E-state index is 0.327. The van der Waals surface area contributed by atoms with Crippen LogP contribution in [-0.4, -0.2) is 48.8 Å². The largest absolute Gasteiger partial charge is 0.395 e. The van der Waals surface area contributed by atoms with Crippen LogP contribution in [0.5, 0.6) is 0 Å². The highest BCUT2D eigenvalue weighted by Gasteiger charge is 2.19. The van der Waals surface area contributed by atoms with E-state index in [0.29, 0.717) is 12.6 Å². The quantitative estimate of drug-likeness (QED) is 0.653. The van der Waals surface area contributed by atoms with Gasteiger partial charge in [0.2, 0.25) is 0 Å². The second-order valence-electron chi connectivity index (χ2n) is 4.47. The molecule has 0 amide bonds. The fourth-order valence-electron chi connectivity index (χ4n) is 2.26. The molecule has 1 unspecified atom stereocenters. The first-order valence-electron chi connectivity index (χ1n) is 6.44. The van der Waals surface area contributed by atoms with E-state index in [4.69, 9.17) is 0 Å². The predicted octanol–water partition coefficient (Wildman–Crippen LogP) is 1.22. The number of rotatable bonds is 6. The number of hydrogen-bond donors (Lipinski definition) is 2. The second-order valence-corrected chi connectivity index (χ2v) is 4.47. The summed E-state index contributed by atoms with van der Waals surface area (Å²) in [4.78, 5) is 2.45. The topological polar surface area (TPSA) is 35.5 Å². The zero-order valence-corrected chi connectivity index (χ0v) is 10.0. The molecule has 1 rings (SSSR count). The Morgan fingerprint density at radius 1 is 1.27 bits per heavy atom. The first-order chi connectivity index (χ1) is 7.38. The Kier molecular flexibility index (Phi) is 6.98. The molecule has 0 radical (unpaired) electrons. The first-order valence-corrected chi connectivity index (χ1v) is 6.44. The van der Waals surface area contributed by atoms with Crippen molar-refractivity contribution in [3.05, 3.63) is 0 Å². The summed E-state index contributed by atoms with van der Waals surface area (Å²) in [6, 6.07) is 0.413. The van der Waals surface area contributed by atoms with Gasteiger partial charge in [0.25, 0.3) is 0 Å². The lowest BCUT2D eigenvalue weighted by Crippen LogP contribution is -2.41. The van der Waals surface area contributed by atoms with Gasteiger partial charge >= 0.3 is 0 Å². The lowest BCUT2D eigenvalue weighted by molar-refractivity contribution is 0.125. The SMILES string of the molecule is CCCNCCN1CCCCCC1CO. The molecule has 1 fully saturated rings. The van der Waals surface area contributed by atoms with Crippen LogP contribution in [0.15, 0.2) is 0 Å². The molecular weight excluding hydrogens is 188 g/mol. The molecule has 0 spiro atoms. The smallest absolute Gasteiger partial charge is 0.0586 e. The highest BCUT2D eigenvalue weighted by atomic mass is 16.3. The molecule has 1 atom stereocenters. The average Bonchev–Trinajstić information content (AvgIpc) is 2.49. The average molecular weight is 214 g/mol. The van der Waals surface area contributed by atoms with Crippen LogP contribution in [0.3, 0.4) is 0 Å². The molecular formula is C12H26N2O. The van der Waals surface area contributed by atoms with Crippen LogP contribution in [0.25, 0.3) is 0 Å². The van der Waals surface area contributed by atoms with Gasteiger partial charge in [0.15, 0.2) is 0 Å². The third-order valence-electron chi connectivity index (χ3n) is 3.21. The summed E-state index contributed by atoms with van der Waals surface area (Å²) < 4.78 is 0. The van der Waals surface area contributed by atoms with Crippen molar-refractivity contribution in [1.82, 2.24) is 10.2 Å². The fraction of sp³-hybridized carbons (Fsp3) is 1.00. The molecule has 2 N–H and O–H groups in total. The molecule has 1 heterocycles. The van der Waals surface area contributed by atoms with E-state index >= 15 is 0 Å². The van der Waals surface area contributed by atoms with Crippen molar-refractivity contribution in [1.29, 1.82) is 0 Å². The molecule has 90 valence electrons. The van der Waals surface area contributed by atoms with Gasteiger partial charge in [-0.05, 0) is 32.4 Å². The maximum Gasteiger partial charge on any atom is 0.0586 e. The molecule has 3 heteroatoms. The van der Waals surface area contributed by atoms with E-state index in [1.54, 1.807) is 0 Å². The van der Waals surface area contributed by atoms with Gasteiger partial charge in [-0.1, -0.05) is 19.8 Å². The molecule has 15 heavy (non-hydrogen) atoms. The van der Waals surface area contributed by atoms with Gasteiger partial charge in [0, 0.05) is 19.1 Å². The van der Waals surface area contributed by atoms with Gasteiger partial charge in [0.05, 0.1) is 6.61 Å². The summed E-state index contributed by atoms with van der Waals surface area (Å²) in [5.41, 5.74) is 0. The number of aliphatic hydroxyl groups is 1. The van der Waals surface area contributed by atoms with E-state index in [0.717, 1.165) is 19.6 Å². The molecule has 1 saturated heterocycles. The Morgan fingerprint density at radius 3 is 2.87 bits per heavy atom. The number of nitrogens with one attached hydrogen (secondary N) is 1. The van der Waals surface area contributed by atoms with Crippen LogP contribution in [0, 0.1) is 0 Å². The molecule has 0 aromatic rings. The summed E-state index contributed by atoms with van der Waals surface area (Å²) in [5.74, 6) is 0. The highest BCUT2D eigenvalue weighted by Crippen LogP contribution is 2.15. The maximum absolute atomic E-state index is 9.33. The van der Waals surface area contributed by atoms with Crippen LogP contribution < -0.4 is 5.32 Å². The Balaban J connectivity index is 2.22. The van der Waals surface area contributed by atoms with Gasteiger partial charge in [-0.2, -0.15) is 0 Å². The fourth-order valence-corrected chi connectivity index (χ4v) is 2.26. The van der Waals surface area contributed by atoms with Crippen molar-refractivity contribution in [2.75, 3.05) is 32.8 Å². The van der Waals surface area contributed by atoms with E-state index in [9.17, 15) is 5.11 Å². The normalized spacial score (nSPS) is 24.0. The van der Waals surface area contributed by atoms with Crippen LogP contribution in [-0.2, 0) is 0 Å².